The van der Waals surface area contributed by atoms with Crippen molar-refractivity contribution in [1.29, 1.82) is 0 Å². The van der Waals surface area contributed by atoms with Crippen molar-refractivity contribution in [3.05, 3.63) is 60.2 Å². The van der Waals surface area contributed by atoms with Crippen LogP contribution in [0.4, 0.5) is 6.01 Å². The van der Waals surface area contributed by atoms with Crippen molar-refractivity contribution in [3.8, 4) is 0 Å². The van der Waals surface area contributed by atoms with E-state index in [4.69, 9.17) is 10.2 Å². The quantitative estimate of drug-likeness (QED) is 0.783. The number of fused-ring (bicyclic) bond motifs is 1. The summed E-state index contributed by atoms with van der Waals surface area (Å²) in [6.07, 6.45) is 0.326. The Balaban J connectivity index is 1.35. The molecular formula is C20H22N4O2. The lowest BCUT2D eigenvalue weighted by atomic mass is 10.0. The zero-order chi connectivity index (χ0) is 17.9. The van der Waals surface area contributed by atoms with E-state index >= 15 is 0 Å². The number of nitrogens with two attached hydrogens (primary N) is 1. The summed E-state index contributed by atoms with van der Waals surface area (Å²) in [5.74, 6) is 0.0959. The van der Waals surface area contributed by atoms with Crippen molar-refractivity contribution < 1.29 is 9.21 Å². The number of para-hydroxylation sites is 2. The summed E-state index contributed by atoms with van der Waals surface area (Å²) in [5.41, 5.74) is 8.82. The topological polar surface area (TPSA) is 75.6 Å². The normalized spacial score (nSPS) is 16.0. The van der Waals surface area contributed by atoms with Crippen LogP contribution in [0.3, 0.4) is 0 Å². The van der Waals surface area contributed by atoms with E-state index in [2.05, 4.69) is 9.88 Å². The Hall–Kier alpha value is -2.86. The third-order valence-corrected chi connectivity index (χ3v) is 4.81. The molecule has 0 spiro atoms. The summed E-state index contributed by atoms with van der Waals surface area (Å²) >= 11 is 0. The van der Waals surface area contributed by atoms with Crippen LogP contribution in [0.15, 0.2) is 59.0 Å². The monoisotopic (exact) mass is 350 g/mol. The van der Waals surface area contributed by atoms with Gasteiger partial charge in [-0.05, 0) is 17.7 Å². The minimum Gasteiger partial charge on any atom is -0.423 e. The second kappa shape index (κ2) is 7.17. The first-order valence-corrected chi connectivity index (χ1v) is 8.89. The van der Waals surface area contributed by atoms with Crippen LogP contribution in [-0.4, -0.2) is 42.0 Å². The summed E-state index contributed by atoms with van der Waals surface area (Å²) in [6, 6.07) is 17.8. The molecule has 6 heteroatoms. The fourth-order valence-electron chi connectivity index (χ4n) is 3.28. The van der Waals surface area contributed by atoms with Gasteiger partial charge in [-0.25, -0.2) is 0 Å². The lowest BCUT2D eigenvalue weighted by Gasteiger charge is -2.34. The molecule has 2 N–H and O–H groups in total. The van der Waals surface area contributed by atoms with Crippen LogP contribution in [0, 0.1) is 0 Å². The zero-order valence-electron chi connectivity index (χ0n) is 14.5. The number of carbonyl (C=O) groups is 1. The number of aromatic nitrogens is 1. The van der Waals surface area contributed by atoms with Crippen molar-refractivity contribution in [1.82, 2.24) is 9.88 Å². The van der Waals surface area contributed by atoms with Crippen molar-refractivity contribution in [2.75, 3.05) is 31.1 Å². The van der Waals surface area contributed by atoms with Gasteiger partial charge in [-0.2, -0.15) is 4.98 Å². The van der Waals surface area contributed by atoms with Crippen LogP contribution >= 0.6 is 0 Å². The lowest BCUT2D eigenvalue weighted by Crippen LogP contribution is -2.49. The van der Waals surface area contributed by atoms with Gasteiger partial charge in [0, 0.05) is 38.6 Å². The Morgan fingerprint density at radius 3 is 2.46 bits per heavy atom. The second-order valence-electron chi connectivity index (χ2n) is 6.55. The molecule has 2 aromatic carbocycles. The summed E-state index contributed by atoms with van der Waals surface area (Å²) in [4.78, 5) is 21.0. The minimum atomic E-state index is -0.265. The molecule has 1 aliphatic rings. The van der Waals surface area contributed by atoms with Crippen molar-refractivity contribution >= 4 is 23.0 Å². The Morgan fingerprint density at radius 1 is 1.04 bits per heavy atom. The maximum Gasteiger partial charge on any atom is 0.298 e. The summed E-state index contributed by atoms with van der Waals surface area (Å²) in [7, 11) is 0. The van der Waals surface area contributed by atoms with Gasteiger partial charge in [0.05, 0.1) is 0 Å². The molecule has 0 bridgehead atoms. The first-order valence-electron chi connectivity index (χ1n) is 8.89. The Labute approximate surface area is 152 Å². The molecule has 0 radical (unpaired) electrons. The molecule has 134 valence electrons. The molecule has 0 saturated carbocycles. The number of piperazine rings is 1. The summed E-state index contributed by atoms with van der Waals surface area (Å²) < 4.78 is 5.82. The van der Waals surface area contributed by atoms with Gasteiger partial charge >= 0.3 is 0 Å². The van der Waals surface area contributed by atoms with E-state index in [0.717, 1.165) is 16.7 Å². The largest absolute Gasteiger partial charge is 0.423 e. The average Bonchev–Trinajstić information content (AvgIpc) is 3.13. The molecule has 1 aliphatic heterocycles. The van der Waals surface area contributed by atoms with Gasteiger partial charge in [0.1, 0.15) is 5.52 Å². The highest BCUT2D eigenvalue weighted by atomic mass is 16.4. The SMILES string of the molecule is NC(CC(=O)N1CCN(c2nc3ccccc3o2)CC1)c1ccccc1. The number of hydrogen-bond donors (Lipinski definition) is 1. The maximum absolute atomic E-state index is 12.6. The zero-order valence-corrected chi connectivity index (χ0v) is 14.5. The van der Waals surface area contributed by atoms with E-state index in [1.807, 2.05) is 59.5 Å². The lowest BCUT2D eigenvalue weighted by molar-refractivity contribution is -0.131. The van der Waals surface area contributed by atoms with Gasteiger partial charge in [0.25, 0.3) is 6.01 Å². The van der Waals surface area contributed by atoms with Gasteiger partial charge in [0.15, 0.2) is 5.58 Å². The van der Waals surface area contributed by atoms with Gasteiger partial charge in [0.2, 0.25) is 5.91 Å². The number of oxazole rings is 1. The smallest absolute Gasteiger partial charge is 0.298 e. The molecule has 1 atom stereocenters. The van der Waals surface area contributed by atoms with E-state index in [1.165, 1.54) is 0 Å². The highest BCUT2D eigenvalue weighted by molar-refractivity contribution is 5.77. The Morgan fingerprint density at radius 2 is 1.73 bits per heavy atom. The number of amides is 1. The van der Waals surface area contributed by atoms with Gasteiger partial charge in [-0.3, -0.25) is 4.79 Å². The number of nitrogens with zero attached hydrogens (tertiary/aromatic N) is 3. The third kappa shape index (κ3) is 3.41. The Bertz CT molecular complexity index is 852. The molecule has 2 heterocycles. The van der Waals surface area contributed by atoms with Crippen LogP contribution < -0.4 is 10.6 Å². The molecule has 3 aromatic rings. The second-order valence-corrected chi connectivity index (χ2v) is 6.55. The molecule has 26 heavy (non-hydrogen) atoms. The van der Waals surface area contributed by atoms with Crippen LogP contribution in [-0.2, 0) is 4.79 Å². The molecule has 1 saturated heterocycles. The van der Waals surface area contributed by atoms with Crippen LogP contribution in [0.1, 0.15) is 18.0 Å². The number of rotatable bonds is 4. The first-order chi connectivity index (χ1) is 12.7. The molecule has 6 nitrogen and oxygen atoms in total. The van der Waals surface area contributed by atoms with E-state index in [9.17, 15) is 4.79 Å². The molecule has 0 aliphatic carbocycles. The first kappa shape index (κ1) is 16.6. The molecular weight excluding hydrogens is 328 g/mol. The van der Waals surface area contributed by atoms with Gasteiger partial charge in [-0.1, -0.05) is 42.5 Å². The van der Waals surface area contributed by atoms with Crippen molar-refractivity contribution in [3.63, 3.8) is 0 Å². The summed E-state index contributed by atoms with van der Waals surface area (Å²) in [5, 5.41) is 0. The van der Waals surface area contributed by atoms with Crippen LogP contribution in [0.25, 0.3) is 11.1 Å². The molecule has 1 fully saturated rings. The molecule has 1 unspecified atom stereocenters. The maximum atomic E-state index is 12.6. The fraction of sp³-hybridized carbons (Fsp3) is 0.300. The average molecular weight is 350 g/mol. The molecule has 1 amide bonds. The van der Waals surface area contributed by atoms with E-state index < -0.39 is 0 Å². The van der Waals surface area contributed by atoms with E-state index in [0.29, 0.717) is 38.6 Å². The number of hydrogen-bond acceptors (Lipinski definition) is 5. The standard InChI is InChI=1S/C20H22N4O2/c21-16(15-6-2-1-3-7-15)14-19(25)23-10-12-24(13-11-23)20-22-17-8-4-5-9-18(17)26-20/h1-9,16H,10-14,21H2. The van der Waals surface area contributed by atoms with E-state index in [-0.39, 0.29) is 11.9 Å². The van der Waals surface area contributed by atoms with Crippen LogP contribution in [0.2, 0.25) is 0 Å². The summed E-state index contributed by atoms with van der Waals surface area (Å²) in [6.45, 7) is 2.72. The highest BCUT2D eigenvalue weighted by Crippen LogP contribution is 2.23. The number of benzene rings is 2. The van der Waals surface area contributed by atoms with Crippen LogP contribution in [0.5, 0.6) is 0 Å². The van der Waals surface area contributed by atoms with Gasteiger partial charge < -0.3 is 20.0 Å². The van der Waals surface area contributed by atoms with E-state index in [1.54, 1.807) is 0 Å². The molecule has 1 aromatic heterocycles. The fourth-order valence-corrected chi connectivity index (χ4v) is 3.28. The number of carbonyl (C=O) groups excluding carboxylic acids is 1. The number of anilines is 1. The predicted octanol–water partition coefficient (Wildman–Crippen LogP) is 2.57. The van der Waals surface area contributed by atoms with Crippen molar-refractivity contribution in [2.45, 2.75) is 12.5 Å². The molecule has 4 rings (SSSR count). The Kier molecular flexibility index (Phi) is 4.58. The minimum absolute atomic E-state index is 0.0959. The van der Waals surface area contributed by atoms with Gasteiger partial charge in [-0.15, -0.1) is 0 Å². The van der Waals surface area contributed by atoms with Crippen molar-refractivity contribution in [2.24, 2.45) is 5.73 Å². The third-order valence-electron chi connectivity index (χ3n) is 4.81. The highest BCUT2D eigenvalue weighted by Gasteiger charge is 2.25. The predicted molar refractivity (Wildman–Crippen MR) is 101 cm³/mol.